The van der Waals surface area contributed by atoms with Crippen molar-refractivity contribution in [3.63, 3.8) is 0 Å². The monoisotopic (exact) mass is 496 g/mol. The molecule has 34 heavy (non-hydrogen) atoms. The van der Waals surface area contributed by atoms with Crippen molar-refractivity contribution in [3.05, 3.63) is 47.7 Å². The summed E-state index contributed by atoms with van der Waals surface area (Å²) in [5, 5.41) is 2.59. The van der Waals surface area contributed by atoms with Crippen molar-refractivity contribution in [2.24, 2.45) is 10.7 Å². The van der Waals surface area contributed by atoms with Crippen LogP contribution in [0.25, 0.3) is 0 Å². The van der Waals surface area contributed by atoms with Crippen LogP contribution in [-0.4, -0.2) is 66.1 Å². The Labute approximate surface area is 196 Å². The van der Waals surface area contributed by atoms with Crippen LogP contribution in [0.15, 0.2) is 35.6 Å². The number of nitrogens with zero attached hydrogens (tertiary/aromatic N) is 4. The van der Waals surface area contributed by atoms with Crippen LogP contribution in [0.5, 0.6) is 5.88 Å². The number of amidine groups is 1. The van der Waals surface area contributed by atoms with Crippen molar-refractivity contribution >= 4 is 27.5 Å². The van der Waals surface area contributed by atoms with Crippen molar-refractivity contribution in [2.75, 3.05) is 32.2 Å². The predicted octanol–water partition coefficient (Wildman–Crippen LogP) is 1.84. The van der Waals surface area contributed by atoms with Crippen LogP contribution in [-0.2, 0) is 15.6 Å². The quantitative estimate of drug-likeness (QED) is 0.622. The highest BCUT2D eigenvalue weighted by molar-refractivity contribution is 7.91. The van der Waals surface area contributed by atoms with Gasteiger partial charge in [-0.3, -0.25) is 9.79 Å². The summed E-state index contributed by atoms with van der Waals surface area (Å²) in [6, 6.07) is 3.86. The Balaban J connectivity index is 1.91. The molecule has 1 aromatic carbocycles. The topological polar surface area (TPSA) is 140 Å². The zero-order chi connectivity index (χ0) is 25.3. The molecule has 0 saturated heterocycles. The number of likely N-dealkylation sites (N-methyl/N-ethyl adjacent to an activating group) is 1. The maximum Gasteiger partial charge on any atom is 0.275 e. The summed E-state index contributed by atoms with van der Waals surface area (Å²) in [6.07, 6.45) is 2.34. The third-order valence-electron chi connectivity index (χ3n) is 5.56. The van der Waals surface area contributed by atoms with E-state index in [-0.39, 0.29) is 41.8 Å². The zero-order valence-electron chi connectivity index (χ0n) is 19.2. The first-order valence-corrected chi connectivity index (χ1v) is 11.7. The number of ether oxygens (including phenoxy) is 1. The summed E-state index contributed by atoms with van der Waals surface area (Å²) < 4.78 is 57.5. The number of aromatic nitrogens is 2. The lowest BCUT2D eigenvalue weighted by atomic mass is 9.91. The lowest BCUT2D eigenvalue weighted by Crippen LogP contribution is -2.50. The first-order chi connectivity index (χ1) is 15.8. The molecular formula is C21H26F2N6O4S. The second kappa shape index (κ2) is 9.22. The third-order valence-corrected chi connectivity index (χ3v) is 8.01. The summed E-state index contributed by atoms with van der Waals surface area (Å²) in [5.41, 5.74) is 4.92. The molecule has 0 aliphatic carbocycles. The van der Waals surface area contributed by atoms with Crippen molar-refractivity contribution in [1.82, 2.24) is 14.3 Å². The van der Waals surface area contributed by atoms with Crippen molar-refractivity contribution in [3.8, 4) is 5.88 Å². The predicted molar refractivity (Wildman–Crippen MR) is 122 cm³/mol. The average molecular weight is 497 g/mol. The third kappa shape index (κ3) is 4.71. The minimum atomic E-state index is -3.85. The summed E-state index contributed by atoms with van der Waals surface area (Å²) >= 11 is 0. The first kappa shape index (κ1) is 25.4. The number of nitrogens with two attached hydrogens (primary N) is 1. The fourth-order valence-corrected chi connectivity index (χ4v) is 4.99. The highest BCUT2D eigenvalue weighted by Gasteiger charge is 2.48. The molecule has 3 N–H and O–H groups in total. The van der Waals surface area contributed by atoms with Gasteiger partial charge in [-0.2, -0.15) is 0 Å². The number of benzene rings is 1. The second-order valence-corrected chi connectivity index (χ2v) is 11.1. The van der Waals surface area contributed by atoms with E-state index < -0.39 is 38.7 Å². The van der Waals surface area contributed by atoms with Crippen LogP contribution in [0.1, 0.15) is 36.8 Å². The Morgan fingerprint density at radius 1 is 1.26 bits per heavy atom. The second-order valence-electron chi connectivity index (χ2n) is 8.47. The summed E-state index contributed by atoms with van der Waals surface area (Å²) in [5.74, 6) is -1.36. The number of carbonyl (C=O) groups excluding carboxylic acids is 1. The number of amides is 1. The molecule has 0 fully saturated rings. The van der Waals surface area contributed by atoms with Crippen LogP contribution in [0, 0.1) is 5.82 Å². The highest BCUT2D eigenvalue weighted by atomic mass is 32.2. The van der Waals surface area contributed by atoms with E-state index in [1.54, 1.807) is 6.92 Å². The van der Waals surface area contributed by atoms with Crippen LogP contribution < -0.4 is 15.8 Å². The number of anilines is 1. The number of alkyl halides is 1. The van der Waals surface area contributed by atoms with Crippen LogP contribution in [0.2, 0.25) is 0 Å². The van der Waals surface area contributed by atoms with E-state index in [4.69, 9.17) is 10.5 Å². The van der Waals surface area contributed by atoms with E-state index in [1.807, 2.05) is 0 Å². The number of rotatable bonds is 6. The Kier molecular flexibility index (Phi) is 6.90. The molecule has 1 atom stereocenters. The Morgan fingerprint density at radius 3 is 2.59 bits per heavy atom. The maximum absolute atomic E-state index is 14.9. The molecule has 184 valence electrons. The maximum atomic E-state index is 14.9. The Hall–Kier alpha value is -3.19. The van der Waals surface area contributed by atoms with Gasteiger partial charge in [0.15, 0.2) is 0 Å². The van der Waals surface area contributed by atoms with E-state index in [0.717, 1.165) is 16.6 Å². The molecule has 1 amide bonds. The van der Waals surface area contributed by atoms with E-state index in [2.05, 4.69) is 20.3 Å². The van der Waals surface area contributed by atoms with Crippen molar-refractivity contribution in [2.45, 2.75) is 31.1 Å². The van der Waals surface area contributed by atoms with Gasteiger partial charge in [0.25, 0.3) is 5.91 Å². The number of hydrogen-bond donors (Lipinski definition) is 2. The zero-order valence-corrected chi connectivity index (χ0v) is 20.0. The normalized spacial score (nSPS) is 21.9. The lowest BCUT2D eigenvalue weighted by Gasteiger charge is -2.29. The summed E-state index contributed by atoms with van der Waals surface area (Å²) in [7, 11) is -2.47. The van der Waals surface area contributed by atoms with Gasteiger partial charge < -0.3 is 15.8 Å². The van der Waals surface area contributed by atoms with E-state index in [9.17, 15) is 22.0 Å². The fraction of sp³-hybridized carbons (Fsp3) is 0.429. The van der Waals surface area contributed by atoms with Gasteiger partial charge in [-0.1, -0.05) is 0 Å². The summed E-state index contributed by atoms with van der Waals surface area (Å²) in [4.78, 5) is 24.8. The van der Waals surface area contributed by atoms with Gasteiger partial charge in [0.2, 0.25) is 15.9 Å². The van der Waals surface area contributed by atoms with Gasteiger partial charge in [-0.25, -0.2) is 31.5 Å². The van der Waals surface area contributed by atoms with E-state index in [1.165, 1.54) is 39.2 Å². The minimum absolute atomic E-state index is 0.0472. The van der Waals surface area contributed by atoms with Gasteiger partial charge in [-0.05, 0) is 39.0 Å². The molecule has 2 heterocycles. The first-order valence-electron chi connectivity index (χ1n) is 10.3. The smallest absolute Gasteiger partial charge is 0.275 e. The lowest BCUT2D eigenvalue weighted by molar-refractivity contribution is 0.102. The molecule has 13 heteroatoms. The molecule has 0 saturated carbocycles. The molecule has 1 aromatic heterocycles. The molecule has 0 bridgehead atoms. The van der Waals surface area contributed by atoms with Gasteiger partial charge in [0.05, 0.1) is 12.4 Å². The number of hydrogen-bond acceptors (Lipinski definition) is 8. The van der Waals surface area contributed by atoms with E-state index >= 15 is 0 Å². The van der Waals surface area contributed by atoms with Gasteiger partial charge in [-0.15, -0.1) is 0 Å². The minimum Gasteiger partial charge on any atom is -0.474 e. The Bertz CT molecular complexity index is 1220. The number of carbonyl (C=O) groups is 1. The summed E-state index contributed by atoms with van der Waals surface area (Å²) in [6.45, 7) is 3.40. The van der Waals surface area contributed by atoms with E-state index in [0.29, 0.717) is 0 Å². The number of nitrogens with one attached hydrogen (secondary N) is 1. The molecule has 3 rings (SSSR count). The largest absolute Gasteiger partial charge is 0.474 e. The molecule has 0 spiro atoms. The number of sulfonamides is 1. The molecule has 1 aliphatic heterocycles. The van der Waals surface area contributed by atoms with Crippen LogP contribution >= 0.6 is 0 Å². The molecule has 1 aliphatic rings. The van der Waals surface area contributed by atoms with Gasteiger partial charge in [0.1, 0.15) is 40.9 Å². The standard InChI is InChI=1S/C21H26F2N6O4S/c1-20(2)19(24)28-21(3,12-29(4)34(20,31)32)14-9-13(5-6-15(14)23)27-18(30)16-10-26-17(11-25-16)33-8-7-22/h5-6,9-11H,7-8,12H2,1-4H3,(H2,24,28)(H,27,30). The number of halogens is 2. The van der Waals surface area contributed by atoms with Crippen molar-refractivity contribution < 1.29 is 26.7 Å². The molecule has 2 aromatic rings. The van der Waals surface area contributed by atoms with Crippen LogP contribution in [0.3, 0.4) is 0 Å². The van der Waals surface area contributed by atoms with Crippen LogP contribution in [0.4, 0.5) is 14.5 Å². The fourth-order valence-electron chi connectivity index (χ4n) is 3.48. The van der Waals surface area contributed by atoms with Gasteiger partial charge >= 0.3 is 0 Å². The van der Waals surface area contributed by atoms with Gasteiger partial charge in [0, 0.05) is 24.8 Å². The molecule has 0 radical (unpaired) electrons. The molecule has 1 unspecified atom stereocenters. The molecular weight excluding hydrogens is 470 g/mol. The number of aliphatic imine (C=N–C) groups is 1. The molecule has 10 nitrogen and oxygen atoms in total. The Morgan fingerprint density at radius 2 is 1.97 bits per heavy atom. The highest BCUT2D eigenvalue weighted by Crippen LogP contribution is 2.36. The average Bonchev–Trinajstić information content (AvgIpc) is 2.82. The SMILES string of the molecule is CN1CC(C)(c2cc(NC(=O)c3cnc(OCCF)cn3)ccc2F)N=C(N)C(C)(C)S1(=O)=O. The van der Waals surface area contributed by atoms with Crippen molar-refractivity contribution in [1.29, 1.82) is 0 Å².